The van der Waals surface area contributed by atoms with Crippen LogP contribution in [-0.4, -0.2) is 23.5 Å². The minimum Gasteiger partial charge on any atom is -0.481 e. The second kappa shape index (κ2) is 7.87. The number of amides is 3. The number of ether oxygens (including phenoxy) is 1. The molecule has 0 atom stereocenters. The molecular weight excluding hydrogens is 392 g/mol. The van der Waals surface area contributed by atoms with E-state index in [9.17, 15) is 9.59 Å². The number of urea groups is 1. The van der Waals surface area contributed by atoms with Crippen LogP contribution in [0, 0.1) is 0 Å². The van der Waals surface area contributed by atoms with Gasteiger partial charge < -0.3 is 25.3 Å². The van der Waals surface area contributed by atoms with Gasteiger partial charge in [0.1, 0.15) is 5.75 Å². The van der Waals surface area contributed by atoms with Gasteiger partial charge in [-0.05, 0) is 41.3 Å². The van der Waals surface area contributed by atoms with Gasteiger partial charge in [0.2, 0.25) is 0 Å². The summed E-state index contributed by atoms with van der Waals surface area (Å²) in [5.74, 6) is 0.454. The Bertz CT molecular complexity index is 1270. The number of hydrogen-bond donors (Lipinski definition) is 3. The molecule has 1 aliphatic heterocycles. The third-order valence-electron chi connectivity index (χ3n) is 5.16. The van der Waals surface area contributed by atoms with Crippen LogP contribution >= 0.6 is 0 Å². The molecule has 154 valence electrons. The molecule has 0 unspecified atom stereocenters. The molecule has 1 aliphatic rings. The van der Waals surface area contributed by atoms with E-state index in [1.165, 1.54) is 0 Å². The monoisotopic (exact) mass is 412 g/mol. The van der Waals surface area contributed by atoms with E-state index in [1.807, 2.05) is 60.8 Å². The molecule has 31 heavy (non-hydrogen) atoms. The third kappa shape index (κ3) is 3.93. The first-order valence-corrected chi connectivity index (χ1v) is 9.92. The van der Waals surface area contributed by atoms with E-state index in [4.69, 9.17) is 4.74 Å². The van der Waals surface area contributed by atoms with Gasteiger partial charge in [0.05, 0.1) is 12.2 Å². The number of carbonyl (C=O) groups is 2. The number of H-pyrrole nitrogens is 1. The first-order chi connectivity index (χ1) is 15.2. The van der Waals surface area contributed by atoms with Crippen molar-refractivity contribution < 1.29 is 14.3 Å². The Morgan fingerprint density at radius 1 is 0.968 bits per heavy atom. The number of rotatable bonds is 4. The van der Waals surface area contributed by atoms with Crippen LogP contribution in [0.4, 0.5) is 21.9 Å². The fourth-order valence-corrected chi connectivity index (χ4v) is 3.64. The quantitative estimate of drug-likeness (QED) is 0.453. The zero-order chi connectivity index (χ0) is 21.2. The maximum atomic E-state index is 12.4. The summed E-state index contributed by atoms with van der Waals surface area (Å²) in [6, 6.07) is 22.3. The van der Waals surface area contributed by atoms with Gasteiger partial charge in [-0.1, -0.05) is 36.4 Å². The van der Waals surface area contributed by atoms with Crippen LogP contribution in [0.25, 0.3) is 10.9 Å². The third-order valence-corrected chi connectivity index (χ3v) is 5.16. The number of carbonyl (C=O) groups excluding carboxylic acids is 2. The molecule has 5 rings (SSSR count). The van der Waals surface area contributed by atoms with Gasteiger partial charge in [0.25, 0.3) is 5.91 Å². The SMILES string of the molecule is O=C(Nc1ccc2c(c1)OCC(=O)N2Cc1ccccc1)Nc1ccc2cc[nH]c2c1. The Kier molecular flexibility index (Phi) is 4.76. The zero-order valence-electron chi connectivity index (χ0n) is 16.6. The molecule has 7 heteroatoms. The van der Waals surface area contributed by atoms with Crippen LogP contribution < -0.4 is 20.3 Å². The number of benzene rings is 3. The fraction of sp³-hybridized carbons (Fsp3) is 0.0833. The molecule has 3 aromatic carbocycles. The molecule has 0 bridgehead atoms. The Morgan fingerprint density at radius 3 is 2.58 bits per heavy atom. The largest absolute Gasteiger partial charge is 0.481 e. The van der Waals surface area contributed by atoms with Crippen molar-refractivity contribution >= 4 is 39.9 Å². The summed E-state index contributed by atoms with van der Waals surface area (Å²) < 4.78 is 5.62. The zero-order valence-corrected chi connectivity index (χ0v) is 16.6. The van der Waals surface area contributed by atoms with Crippen LogP contribution in [0.3, 0.4) is 0 Å². The fourth-order valence-electron chi connectivity index (χ4n) is 3.64. The standard InChI is InChI=1S/C24H20N4O3/c29-23-15-31-22-13-19(8-9-21(22)28(23)14-16-4-2-1-3-5-16)27-24(30)26-18-7-6-17-10-11-25-20(17)12-18/h1-13,25H,14-15H2,(H2,26,27,30). The van der Waals surface area contributed by atoms with Crippen molar-refractivity contribution in [2.45, 2.75) is 6.54 Å². The average molecular weight is 412 g/mol. The Labute approximate surface area is 178 Å². The van der Waals surface area contributed by atoms with E-state index in [0.29, 0.717) is 29.4 Å². The predicted octanol–water partition coefficient (Wildman–Crippen LogP) is 4.74. The first kappa shape index (κ1) is 18.7. The highest BCUT2D eigenvalue weighted by molar-refractivity contribution is 6.02. The minimum atomic E-state index is -0.362. The van der Waals surface area contributed by atoms with Crippen molar-refractivity contribution in [1.82, 2.24) is 4.98 Å². The molecule has 3 N–H and O–H groups in total. The van der Waals surface area contributed by atoms with Crippen molar-refractivity contribution in [3.63, 3.8) is 0 Å². The molecule has 3 amide bonds. The molecule has 0 radical (unpaired) electrons. The number of hydrogen-bond acceptors (Lipinski definition) is 3. The maximum Gasteiger partial charge on any atom is 0.323 e. The number of aromatic nitrogens is 1. The summed E-state index contributed by atoms with van der Waals surface area (Å²) in [6.45, 7) is 0.427. The Morgan fingerprint density at radius 2 is 1.74 bits per heavy atom. The number of fused-ring (bicyclic) bond motifs is 2. The van der Waals surface area contributed by atoms with E-state index in [1.54, 1.807) is 23.1 Å². The highest BCUT2D eigenvalue weighted by Gasteiger charge is 2.26. The minimum absolute atomic E-state index is 0.0361. The molecule has 7 nitrogen and oxygen atoms in total. The van der Waals surface area contributed by atoms with Gasteiger partial charge in [-0.2, -0.15) is 0 Å². The lowest BCUT2D eigenvalue weighted by Gasteiger charge is -2.29. The molecule has 0 saturated heterocycles. The van der Waals surface area contributed by atoms with Gasteiger partial charge in [-0.3, -0.25) is 4.79 Å². The number of nitrogens with one attached hydrogen (secondary N) is 3. The van der Waals surface area contributed by atoms with Crippen molar-refractivity contribution in [1.29, 1.82) is 0 Å². The van der Waals surface area contributed by atoms with Crippen molar-refractivity contribution in [2.75, 3.05) is 22.1 Å². The van der Waals surface area contributed by atoms with Crippen molar-refractivity contribution in [3.8, 4) is 5.75 Å². The second-order valence-electron chi connectivity index (χ2n) is 7.30. The summed E-state index contributed by atoms with van der Waals surface area (Å²) in [4.78, 5) is 29.7. The number of anilines is 3. The average Bonchev–Trinajstić information content (AvgIpc) is 3.24. The Balaban J connectivity index is 1.31. The number of nitrogens with zero attached hydrogens (tertiary/aromatic N) is 1. The van der Waals surface area contributed by atoms with Gasteiger partial charge in [-0.25, -0.2) is 4.79 Å². The molecule has 0 aliphatic carbocycles. The first-order valence-electron chi connectivity index (χ1n) is 9.92. The topological polar surface area (TPSA) is 86.5 Å². The lowest BCUT2D eigenvalue weighted by molar-refractivity contribution is -0.121. The van der Waals surface area contributed by atoms with Gasteiger partial charge in [0, 0.05) is 29.2 Å². The molecule has 4 aromatic rings. The highest BCUT2D eigenvalue weighted by atomic mass is 16.5. The van der Waals surface area contributed by atoms with Crippen LogP contribution in [0.15, 0.2) is 79.0 Å². The molecule has 1 aromatic heterocycles. The van der Waals surface area contributed by atoms with E-state index in [0.717, 1.165) is 16.5 Å². The summed E-state index contributed by atoms with van der Waals surface area (Å²) in [5, 5.41) is 6.72. The van der Waals surface area contributed by atoms with Crippen LogP contribution in [-0.2, 0) is 11.3 Å². The van der Waals surface area contributed by atoms with E-state index in [2.05, 4.69) is 15.6 Å². The van der Waals surface area contributed by atoms with E-state index in [-0.39, 0.29) is 18.5 Å². The van der Waals surface area contributed by atoms with Gasteiger partial charge in [0.15, 0.2) is 6.61 Å². The molecule has 0 fully saturated rings. The lowest BCUT2D eigenvalue weighted by Crippen LogP contribution is -2.38. The molecular formula is C24H20N4O3. The van der Waals surface area contributed by atoms with E-state index >= 15 is 0 Å². The van der Waals surface area contributed by atoms with Crippen molar-refractivity contribution in [3.05, 3.63) is 84.6 Å². The van der Waals surface area contributed by atoms with Gasteiger partial charge in [-0.15, -0.1) is 0 Å². The summed E-state index contributed by atoms with van der Waals surface area (Å²) in [7, 11) is 0. The second-order valence-corrected chi connectivity index (χ2v) is 7.30. The van der Waals surface area contributed by atoms with Crippen LogP contribution in [0.5, 0.6) is 5.75 Å². The summed E-state index contributed by atoms with van der Waals surface area (Å²) in [6.07, 6.45) is 1.85. The van der Waals surface area contributed by atoms with Crippen LogP contribution in [0.1, 0.15) is 5.56 Å². The smallest absolute Gasteiger partial charge is 0.323 e. The van der Waals surface area contributed by atoms with Crippen LogP contribution in [0.2, 0.25) is 0 Å². The predicted molar refractivity (Wildman–Crippen MR) is 121 cm³/mol. The molecule has 0 saturated carbocycles. The lowest BCUT2D eigenvalue weighted by atomic mass is 10.1. The maximum absolute atomic E-state index is 12.4. The number of aromatic amines is 1. The summed E-state index contributed by atoms with van der Waals surface area (Å²) in [5.41, 5.74) is 3.92. The normalized spacial score (nSPS) is 12.9. The van der Waals surface area contributed by atoms with Crippen molar-refractivity contribution in [2.24, 2.45) is 0 Å². The van der Waals surface area contributed by atoms with Gasteiger partial charge >= 0.3 is 6.03 Å². The molecule has 2 heterocycles. The Hall–Kier alpha value is -4.26. The highest BCUT2D eigenvalue weighted by Crippen LogP contribution is 2.35. The summed E-state index contributed by atoms with van der Waals surface area (Å²) >= 11 is 0. The molecule has 0 spiro atoms. The van der Waals surface area contributed by atoms with E-state index < -0.39 is 0 Å².